The zero-order valence-corrected chi connectivity index (χ0v) is 14.3. The molecule has 0 amide bonds. The third kappa shape index (κ3) is 2.88. The van der Waals surface area contributed by atoms with Gasteiger partial charge in [-0.2, -0.15) is 4.31 Å². The summed E-state index contributed by atoms with van der Waals surface area (Å²) in [6.07, 6.45) is 5.96. The zero-order chi connectivity index (χ0) is 15.9. The van der Waals surface area contributed by atoms with Crippen LogP contribution in [-0.4, -0.2) is 36.9 Å². The molecule has 0 saturated carbocycles. The van der Waals surface area contributed by atoms with Crippen molar-refractivity contribution in [1.82, 2.24) is 9.29 Å². The van der Waals surface area contributed by atoms with Crippen molar-refractivity contribution in [2.24, 2.45) is 0 Å². The Kier molecular flexibility index (Phi) is 3.87. The first-order valence-electron chi connectivity index (χ1n) is 7.81. The van der Waals surface area contributed by atoms with E-state index in [9.17, 15) is 8.42 Å². The second-order valence-corrected chi connectivity index (χ2v) is 8.79. The molecule has 1 aromatic carbocycles. The molecule has 2 aliphatic rings. The molecule has 0 unspecified atom stereocenters. The van der Waals surface area contributed by atoms with E-state index in [1.165, 1.54) is 33.2 Å². The lowest BCUT2D eigenvalue weighted by Gasteiger charge is -2.37. The topological polar surface area (TPSA) is 59.5 Å². The molecule has 2 heterocycles. The maximum absolute atomic E-state index is 12.7. The molecule has 0 atom stereocenters. The number of ether oxygens (including phenoxy) is 1. The number of thiazole rings is 1. The van der Waals surface area contributed by atoms with Crippen LogP contribution in [0.25, 0.3) is 0 Å². The molecule has 0 spiro atoms. The fourth-order valence-corrected chi connectivity index (χ4v) is 5.21. The van der Waals surface area contributed by atoms with Crippen molar-refractivity contribution in [3.05, 3.63) is 40.9 Å². The Hall–Kier alpha value is -1.44. The quantitative estimate of drug-likeness (QED) is 0.850. The van der Waals surface area contributed by atoms with Crippen molar-refractivity contribution < 1.29 is 13.2 Å². The predicted molar refractivity (Wildman–Crippen MR) is 88.4 cm³/mol. The van der Waals surface area contributed by atoms with E-state index in [1.54, 1.807) is 12.3 Å². The first kappa shape index (κ1) is 15.1. The molecule has 7 heteroatoms. The minimum Gasteiger partial charge on any atom is -0.464 e. The van der Waals surface area contributed by atoms with Gasteiger partial charge in [-0.25, -0.2) is 13.4 Å². The van der Waals surface area contributed by atoms with Crippen molar-refractivity contribution >= 4 is 21.4 Å². The highest BCUT2D eigenvalue weighted by Gasteiger charge is 2.38. The molecule has 2 aromatic rings. The molecule has 4 rings (SSSR count). The van der Waals surface area contributed by atoms with Gasteiger partial charge in [0.2, 0.25) is 10.0 Å². The predicted octanol–water partition coefficient (Wildman–Crippen LogP) is 2.47. The van der Waals surface area contributed by atoms with Crippen molar-refractivity contribution in [3.63, 3.8) is 0 Å². The number of sulfonamides is 1. The van der Waals surface area contributed by atoms with Crippen molar-refractivity contribution in [3.8, 4) is 5.19 Å². The lowest BCUT2D eigenvalue weighted by atomic mass is 9.92. The number of aryl methyl sites for hydroxylation is 2. The second-order valence-electron chi connectivity index (χ2n) is 6.00. The van der Waals surface area contributed by atoms with E-state index in [-0.39, 0.29) is 6.10 Å². The molecule has 1 aliphatic heterocycles. The van der Waals surface area contributed by atoms with E-state index in [0.717, 1.165) is 19.3 Å². The third-order valence-electron chi connectivity index (χ3n) is 4.45. The van der Waals surface area contributed by atoms with Crippen molar-refractivity contribution in [1.29, 1.82) is 0 Å². The van der Waals surface area contributed by atoms with Crippen LogP contribution in [0.4, 0.5) is 0 Å². The van der Waals surface area contributed by atoms with E-state index < -0.39 is 10.0 Å². The van der Waals surface area contributed by atoms with Gasteiger partial charge in [0.15, 0.2) is 0 Å². The monoisotopic (exact) mass is 350 g/mol. The van der Waals surface area contributed by atoms with Gasteiger partial charge in [0.1, 0.15) is 6.10 Å². The van der Waals surface area contributed by atoms with E-state index in [0.29, 0.717) is 23.2 Å². The highest BCUT2D eigenvalue weighted by atomic mass is 32.2. The number of aromatic nitrogens is 1. The molecule has 0 bridgehead atoms. The van der Waals surface area contributed by atoms with Crippen LogP contribution in [-0.2, 0) is 22.9 Å². The van der Waals surface area contributed by atoms with Gasteiger partial charge in [0, 0.05) is 11.6 Å². The summed E-state index contributed by atoms with van der Waals surface area (Å²) in [5.74, 6) is 0. The summed E-state index contributed by atoms with van der Waals surface area (Å²) in [7, 11) is -3.41. The Bertz CT molecular complexity index is 797. The largest absolute Gasteiger partial charge is 0.464 e. The van der Waals surface area contributed by atoms with E-state index in [2.05, 4.69) is 4.98 Å². The number of nitrogens with zero attached hydrogens (tertiary/aromatic N) is 2. The Balaban J connectivity index is 1.46. The Morgan fingerprint density at radius 2 is 1.96 bits per heavy atom. The highest BCUT2D eigenvalue weighted by molar-refractivity contribution is 7.89. The first-order valence-corrected chi connectivity index (χ1v) is 10.1. The molecule has 0 radical (unpaired) electrons. The average molecular weight is 350 g/mol. The fourth-order valence-electron chi connectivity index (χ4n) is 3.10. The number of hydrogen-bond acceptors (Lipinski definition) is 5. The van der Waals surface area contributed by atoms with Gasteiger partial charge in [0.25, 0.3) is 5.19 Å². The van der Waals surface area contributed by atoms with E-state index >= 15 is 0 Å². The molecule has 23 heavy (non-hydrogen) atoms. The maximum atomic E-state index is 12.7. The Morgan fingerprint density at radius 3 is 2.70 bits per heavy atom. The van der Waals surface area contributed by atoms with Crippen LogP contribution in [0, 0.1) is 0 Å². The van der Waals surface area contributed by atoms with Gasteiger partial charge in [-0.05, 0) is 48.9 Å². The number of benzene rings is 1. The molecule has 5 nitrogen and oxygen atoms in total. The van der Waals surface area contributed by atoms with Gasteiger partial charge in [-0.1, -0.05) is 17.4 Å². The SMILES string of the molecule is O=S(=O)(c1ccc2c(c1)CCCC2)N1CC(Oc2nccs2)C1. The minimum atomic E-state index is -3.41. The van der Waals surface area contributed by atoms with Crippen LogP contribution in [0.15, 0.2) is 34.7 Å². The molecule has 122 valence electrons. The first-order chi connectivity index (χ1) is 11.1. The normalized spacial score (nSPS) is 19.1. The van der Waals surface area contributed by atoms with E-state index in [4.69, 9.17) is 4.74 Å². The number of hydrogen-bond donors (Lipinski definition) is 0. The van der Waals surface area contributed by atoms with Crippen LogP contribution < -0.4 is 4.74 Å². The van der Waals surface area contributed by atoms with Crippen molar-refractivity contribution in [2.75, 3.05) is 13.1 Å². The zero-order valence-electron chi connectivity index (χ0n) is 12.6. The van der Waals surface area contributed by atoms with Crippen LogP contribution in [0.3, 0.4) is 0 Å². The summed E-state index contributed by atoms with van der Waals surface area (Å²) >= 11 is 1.42. The standard InChI is InChI=1S/C16H18N2O3S2/c19-23(20,15-6-5-12-3-1-2-4-13(12)9-15)18-10-14(11-18)21-16-17-7-8-22-16/h5-9,14H,1-4,10-11H2. The minimum absolute atomic E-state index is 0.103. The summed E-state index contributed by atoms with van der Waals surface area (Å²) in [6, 6.07) is 5.58. The highest BCUT2D eigenvalue weighted by Crippen LogP contribution is 2.29. The van der Waals surface area contributed by atoms with Crippen molar-refractivity contribution in [2.45, 2.75) is 36.7 Å². The molecule has 1 saturated heterocycles. The molecular weight excluding hydrogens is 332 g/mol. The summed E-state index contributed by atoms with van der Waals surface area (Å²) in [6.45, 7) is 0.776. The summed E-state index contributed by atoms with van der Waals surface area (Å²) in [5, 5.41) is 2.44. The average Bonchev–Trinajstić information content (AvgIpc) is 3.03. The summed E-state index contributed by atoms with van der Waals surface area (Å²) in [5.41, 5.74) is 2.48. The Labute approximate surface area is 140 Å². The summed E-state index contributed by atoms with van der Waals surface area (Å²) in [4.78, 5) is 4.47. The molecule has 1 aliphatic carbocycles. The molecular formula is C16H18N2O3S2. The molecule has 1 fully saturated rings. The van der Waals surface area contributed by atoms with Gasteiger partial charge < -0.3 is 4.74 Å². The van der Waals surface area contributed by atoms with Gasteiger partial charge >= 0.3 is 0 Å². The fraction of sp³-hybridized carbons (Fsp3) is 0.438. The van der Waals surface area contributed by atoms with Gasteiger partial charge in [-0.15, -0.1) is 0 Å². The summed E-state index contributed by atoms with van der Waals surface area (Å²) < 4.78 is 32.5. The van der Waals surface area contributed by atoms with Gasteiger partial charge in [-0.3, -0.25) is 0 Å². The van der Waals surface area contributed by atoms with Crippen LogP contribution in [0.5, 0.6) is 5.19 Å². The number of fused-ring (bicyclic) bond motifs is 1. The van der Waals surface area contributed by atoms with E-state index in [1.807, 2.05) is 17.5 Å². The smallest absolute Gasteiger partial charge is 0.273 e. The molecule has 0 N–H and O–H groups in total. The van der Waals surface area contributed by atoms with Crippen LogP contribution >= 0.6 is 11.3 Å². The lowest BCUT2D eigenvalue weighted by molar-refractivity contribution is 0.0759. The third-order valence-corrected chi connectivity index (χ3v) is 6.94. The lowest BCUT2D eigenvalue weighted by Crippen LogP contribution is -2.55. The van der Waals surface area contributed by atoms with Crippen LogP contribution in [0.1, 0.15) is 24.0 Å². The number of rotatable bonds is 4. The molecule has 1 aromatic heterocycles. The Morgan fingerprint density at radius 1 is 1.17 bits per heavy atom. The van der Waals surface area contributed by atoms with Gasteiger partial charge in [0.05, 0.1) is 18.0 Å². The second kappa shape index (κ2) is 5.89. The van der Waals surface area contributed by atoms with Crippen LogP contribution in [0.2, 0.25) is 0 Å². The maximum Gasteiger partial charge on any atom is 0.273 e.